The molecule has 0 saturated heterocycles. The standard InChI is InChI=1S/C13H21NO/c1-11(2)15-10-9-14-12(3)13-7-5-4-6-8-13/h4-8,11-12,14H,9-10H2,1-3H3/t12-/m1/s1. The molecule has 0 spiro atoms. The molecule has 1 aromatic carbocycles. The fourth-order valence-corrected chi connectivity index (χ4v) is 1.43. The average molecular weight is 207 g/mol. The van der Waals surface area contributed by atoms with Crippen LogP contribution in [0.1, 0.15) is 32.4 Å². The summed E-state index contributed by atoms with van der Waals surface area (Å²) < 4.78 is 5.47. The third-order valence-electron chi connectivity index (χ3n) is 2.30. The molecule has 0 aliphatic heterocycles. The summed E-state index contributed by atoms with van der Waals surface area (Å²) in [4.78, 5) is 0. The third kappa shape index (κ3) is 4.96. The van der Waals surface area contributed by atoms with E-state index in [1.807, 2.05) is 6.07 Å². The lowest BCUT2D eigenvalue weighted by atomic mass is 10.1. The highest BCUT2D eigenvalue weighted by molar-refractivity contribution is 5.17. The largest absolute Gasteiger partial charge is 0.377 e. The molecule has 15 heavy (non-hydrogen) atoms. The fourth-order valence-electron chi connectivity index (χ4n) is 1.43. The Kier molecular flexibility index (Phi) is 5.37. The Morgan fingerprint density at radius 2 is 1.80 bits per heavy atom. The van der Waals surface area contributed by atoms with Gasteiger partial charge < -0.3 is 10.1 Å². The highest BCUT2D eigenvalue weighted by Gasteiger charge is 2.02. The quantitative estimate of drug-likeness (QED) is 0.724. The van der Waals surface area contributed by atoms with Gasteiger partial charge >= 0.3 is 0 Å². The molecule has 0 fully saturated rings. The van der Waals surface area contributed by atoms with Gasteiger partial charge in [0.1, 0.15) is 0 Å². The molecule has 1 aromatic rings. The van der Waals surface area contributed by atoms with Gasteiger partial charge in [-0.05, 0) is 26.3 Å². The van der Waals surface area contributed by atoms with Crippen LogP contribution in [-0.2, 0) is 4.74 Å². The highest BCUT2D eigenvalue weighted by atomic mass is 16.5. The Morgan fingerprint density at radius 3 is 2.40 bits per heavy atom. The van der Waals surface area contributed by atoms with E-state index in [0.717, 1.165) is 13.2 Å². The molecule has 0 saturated carbocycles. The molecule has 0 aromatic heterocycles. The van der Waals surface area contributed by atoms with Crippen LogP contribution in [0.15, 0.2) is 30.3 Å². The van der Waals surface area contributed by atoms with Crippen LogP contribution in [0.2, 0.25) is 0 Å². The predicted octanol–water partition coefficient (Wildman–Crippen LogP) is 2.76. The van der Waals surface area contributed by atoms with Gasteiger partial charge in [-0.1, -0.05) is 30.3 Å². The third-order valence-corrected chi connectivity index (χ3v) is 2.30. The molecule has 1 N–H and O–H groups in total. The number of nitrogens with one attached hydrogen (secondary N) is 1. The van der Waals surface area contributed by atoms with E-state index < -0.39 is 0 Å². The Hall–Kier alpha value is -0.860. The summed E-state index contributed by atoms with van der Waals surface area (Å²) in [6.07, 6.45) is 0.318. The number of rotatable bonds is 6. The Balaban J connectivity index is 2.22. The van der Waals surface area contributed by atoms with Crippen molar-refractivity contribution in [3.63, 3.8) is 0 Å². The molecule has 0 heterocycles. The molecule has 0 unspecified atom stereocenters. The van der Waals surface area contributed by atoms with Crippen molar-refractivity contribution in [1.29, 1.82) is 0 Å². The molecule has 0 bridgehead atoms. The summed E-state index contributed by atoms with van der Waals surface area (Å²) >= 11 is 0. The van der Waals surface area contributed by atoms with E-state index in [1.165, 1.54) is 5.56 Å². The first-order chi connectivity index (χ1) is 7.20. The average Bonchev–Trinajstić information content (AvgIpc) is 2.25. The van der Waals surface area contributed by atoms with E-state index in [-0.39, 0.29) is 0 Å². The number of benzene rings is 1. The number of hydrogen-bond donors (Lipinski definition) is 1. The van der Waals surface area contributed by atoms with Crippen LogP contribution < -0.4 is 5.32 Å². The van der Waals surface area contributed by atoms with Crippen LogP contribution in [0.3, 0.4) is 0 Å². The minimum absolute atomic E-state index is 0.318. The summed E-state index contributed by atoms with van der Waals surface area (Å²) in [7, 11) is 0. The monoisotopic (exact) mass is 207 g/mol. The maximum atomic E-state index is 5.47. The zero-order valence-electron chi connectivity index (χ0n) is 9.86. The van der Waals surface area contributed by atoms with Gasteiger partial charge in [0.05, 0.1) is 12.7 Å². The molecule has 0 aliphatic carbocycles. The summed E-state index contributed by atoms with van der Waals surface area (Å²) in [6.45, 7) is 7.95. The van der Waals surface area contributed by atoms with Gasteiger partial charge in [-0.15, -0.1) is 0 Å². The van der Waals surface area contributed by atoms with Gasteiger partial charge in [0.25, 0.3) is 0 Å². The highest BCUT2D eigenvalue weighted by Crippen LogP contribution is 2.10. The summed E-state index contributed by atoms with van der Waals surface area (Å²) in [5, 5.41) is 3.43. The number of hydrogen-bond acceptors (Lipinski definition) is 2. The van der Waals surface area contributed by atoms with Crippen LogP contribution in [-0.4, -0.2) is 19.3 Å². The molecule has 84 valence electrons. The van der Waals surface area contributed by atoms with E-state index in [1.54, 1.807) is 0 Å². The van der Waals surface area contributed by atoms with Gasteiger partial charge in [-0.2, -0.15) is 0 Å². The summed E-state index contributed by atoms with van der Waals surface area (Å²) in [6, 6.07) is 10.8. The maximum Gasteiger partial charge on any atom is 0.0594 e. The van der Waals surface area contributed by atoms with Crippen molar-refractivity contribution in [3.05, 3.63) is 35.9 Å². The zero-order valence-corrected chi connectivity index (χ0v) is 9.86. The lowest BCUT2D eigenvalue weighted by molar-refractivity contribution is 0.0796. The molecule has 0 radical (unpaired) electrons. The van der Waals surface area contributed by atoms with Crippen LogP contribution in [0.5, 0.6) is 0 Å². The smallest absolute Gasteiger partial charge is 0.0594 e. The summed E-state index contributed by atoms with van der Waals surface area (Å²) in [5.41, 5.74) is 1.32. The van der Waals surface area contributed by atoms with Crippen molar-refractivity contribution in [3.8, 4) is 0 Å². The molecule has 1 rings (SSSR count). The molecule has 1 atom stereocenters. The van der Waals surface area contributed by atoms with Crippen molar-refractivity contribution in [1.82, 2.24) is 5.32 Å². The maximum absolute atomic E-state index is 5.47. The van der Waals surface area contributed by atoms with Gasteiger partial charge in [-0.3, -0.25) is 0 Å². The lowest BCUT2D eigenvalue weighted by Crippen LogP contribution is -2.24. The van der Waals surface area contributed by atoms with Gasteiger partial charge in [0.2, 0.25) is 0 Å². The fraction of sp³-hybridized carbons (Fsp3) is 0.538. The Bertz CT molecular complexity index is 258. The van der Waals surface area contributed by atoms with E-state index in [9.17, 15) is 0 Å². The second-order valence-corrected chi connectivity index (χ2v) is 4.01. The van der Waals surface area contributed by atoms with E-state index in [2.05, 4.69) is 50.4 Å². The van der Waals surface area contributed by atoms with E-state index >= 15 is 0 Å². The topological polar surface area (TPSA) is 21.3 Å². The Labute approximate surface area is 92.6 Å². The van der Waals surface area contributed by atoms with E-state index in [4.69, 9.17) is 4.74 Å². The van der Waals surface area contributed by atoms with Crippen molar-refractivity contribution in [2.24, 2.45) is 0 Å². The van der Waals surface area contributed by atoms with Crippen molar-refractivity contribution in [2.75, 3.05) is 13.2 Å². The van der Waals surface area contributed by atoms with E-state index in [0.29, 0.717) is 12.1 Å². The first-order valence-electron chi connectivity index (χ1n) is 5.60. The van der Waals surface area contributed by atoms with Gasteiger partial charge in [0.15, 0.2) is 0 Å². The minimum atomic E-state index is 0.318. The molecular weight excluding hydrogens is 186 g/mol. The molecule has 0 aliphatic rings. The molecular formula is C13H21NO. The van der Waals surface area contributed by atoms with Crippen molar-refractivity contribution >= 4 is 0 Å². The first-order valence-corrected chi connectivity index (χ1v) is 5.60. The first kappa shape index (κ1) is 12.2. The van der Waals surface area contributed by atoms with Crippen LogP contribution in [0.4, 0.5) is 0 Å². The zero-order chi connectivity index (χ0) is 11.1. The Morgan fingerprint density at radius 1 is 1.13 bits per heavy atom. The van der Waals surface area contributed by atoms with Crippen molar-refractivity contribution in [2.45, 2.75) is 32.9 Å². The minimum Gasteiger partial charge on any atom is -0.377 e. The van der Waals surface area contributed by atoms with Crippen LogP contribution in [0.25, 0.3) is 0 Å². The second-order valence-electron chi connectivity index (χ2n) is 4.01. The summed E-state index contributed by atoms with van der Waals surface area (Å²) in [5.74, 6) is 0. The van der Waals surface area contributed by atoms with Crippen LogP contribution in [0, 0.1) is 0 Å². The van der Waals surface area contributed by atoms with Crippen LogP contribution >= 0.6 is 0 Å². The predicted molar refractivity (Wildman–Crippen MR) is 63.9 cm³/mol. The van der Waals surface area contributed by atoms with Gasteiger partial charge in [0, 0.05) is 12.6 Å². The normalized spacial score (nSPS) is 13.1. The molecule has 2 nitrogen and oxygen atoms in total. The SMILES string of the molecule is CC(C)OCCN[C@H](C)c1ccccc1. The second kappa shape index (κ2) is 6.59. The number of ether oxygens (including phenoxy) is 1. The molecule has 2 heteroatoms. The van der Waals surface area contributed by atoms with Crippen molar-refractivity contribution < 1.29 is 4.74 Å². The molecule has 0 amide bonds. The lowest BCUT2D eigenvalue weighted by Gasteiger charge is -2.15. The van der Waals surface area contributed by atoms with Gasteiger partial charge in [-0.25, -0.2) is 0 Å².